The SMILES string of the molecule is Cc1nc(-c2ncccc2OCc2ccccc2)n(CCc2ccccc2)c(=O)c1C#Cc1ccccc1. The number of rotatable bonds is 7. The first-order chi connectivity index (χ1) is 18.7. The van der Waals surface area contributed by atoms with Crippen molar-refractivity contribution in [2.75, 3.05) is 0 Å². The zero-order chi connectivity index (χ0) is 26.2. The quantitative estimate of drug-likeness (QED) is 0.265. The molecule has 2 heterocycles. The first-order valence-electron chi connectivity index (χ1n) is 12.5. The summed E-state index contributed by atoms with van der Waals surface area (Å²) in [6, 6.07) is 33.3. The predicted octanol–water partition coefficient (Wildman–Crippen LogP) is 5.84. The van der Waals surface area contributed by atoms with E-state index in [-0.39, 0.29) is 5.56 Å². The molecule has 3 aromatic carbocycles. The van der Waals surface area contributed by atoms with Gasteiger partial charge in [0.05, 0.1) is 5.69 Å². The van der Waals surface area contributed by atoms with Gasteiger partial charge in [-0.25, -0.2) is 9.97 Å². The molecule has 0 bridgehead atoms. The minimum absolute atomic E-state index is 0.188. The highest BCUT2D eigenvalue weighted by Crippen LogP contribution is 2.27. The lowest BCUT2D eigenvalue weighted by atomic mass is 10.1. The molecule has 0 N–H and O–H groups in total. The molecule has 0 aliphatic rings. The van der Waals surface area contributed by atoms with Crippen LogP contribution in [0.5, 0.6) is 5.75 Å². The van der Waals surface area contributed by atoms with Crippen molar-refractivity contribution < 1.29 is 4.74 Å². The standard InChI is InChI=1S/C33H27N3O2/c1-25-29(20-19-26-12-5-2-6-13-26)33(37)36(23-21-27-14-7-3-8-15-27)32(35-25)31-30(18-11-22-34-31)38-24-28-16-9-4-10-17-28/h2-18,22H,21,23-24H2,1H3. The van der Waals surface area contributed by atoms with Gasteiger partial charge in [0.15, 0.2) is 5.82 Å². The number of pyridine rings is 1. The third-order valence-corrected chi connectivity index (χ3v) is 6.14. The molecule has 5 heteroatoms. The van der Waals surface area contributed by atoms with Crippen LogP contribution < -0.4 is 10.3 Å². The number of ether oxygens (including phenoxy) is 1. The van der Waals surface area contributed by atoms with Crippen LogP contribution in [-0.2, 0) is 19.6 Å². The summed E-state index contributed by atoms with van der Waals surface area (Å²) in [6.07, 6.45) is 2.36. The second-order valence-corrected chi connectivity index (χ2v) is 8.83. The number of hydrogen-bond acceptors (Lipinski definition) is 4. The topological polar surface area (TPSA) is 57.0 Å². The van der Waals surface area contributed by atoms with Crippen LogP contribution in [0.4, 0.5) is 0 Å². The lowest BCUT2D eigenvalue weighted by Crippen LogP contribution is -2.28. The van der Waals surface area contributed by atoms with E-state index >= 15 is 0 Å². The highest BCUT2D eigenvalue weighted by Gasteiger charge is 2.19. The second-order valence-electron chi connectivity index (χ2n) is 8.83. The zero-order valence-corrected chi connectivity index (χ0v) is 21.2. The van der Waals surface area contributed by atoms with Gasteiger partial charge in [-0.2, -0.15) is 0 Å². The van der Waals surface area contributed by atoms with Crippen LogP contribution in [0.2, 0.25) is 0 Å². The van der Waals surface area contributed by atoms with Gasteiger partial charge in [0, 0.05) is 18.3 Å². The Hall–Kier alpha value is -4.95. The van der Waals surface area contributed by atoms with Gasteiger partial charge in [-0.1, -0.05) is 90.7 Å². The van der Waals surface area contributed by atoms with E-state index in [2.05, 4.69) is 29.0 Å². The minimum Gasteiger partial charge on any atom is -0.486 e. The van der Waals surface area contributed by atoms with Crippen LogP contribution in [0.1, 0.15) is 27.9 Å². The third kappa shape index (κ3) is 5.88. The van der Waals surface area contributed by atoms with Gasteiger partial charge in [0.2, 0.25) is 0 Å². The second kappa shape index (κ2) is 11.9. The smallest absolute Gasteiger partial charge is 0.269 e. The summed E-state index contributed by atoms with van der Waals surface area (Å²) < 4.78 is 7.84. The van der Waals surface area contributed by atoms with Crippen LogP contribution in [0.3, 0.4) is 0 Å². The molecule has 0 aliphatic carbocycles. The van der Waals surface area contributed by atoms with Gasteiger partial charge in [0.1, 0.15) is 23.6 Å². The largest absolute Gasteiger partial charge is 0.486 e. The fourth-order valence-corrected chi connectivity index (χ4v) is 4.15. The molecule has 2 aromatic heterocycles. The molecule has 0 spiro atoms. The van der Waals surface area contributed by atoms with Crippen molar-refractivity contribution in [3.8, 4) is 29.1 Å². The summed E-state index contributed by atoms with van der Waals surface area (Å²) in [5.74, 6) is 7.23. The number of nitrogens with zero attached hydrogens (tertiary/aromatic N) is 3. The maximum Gasteiger partial charge on any atom is 0.269 e. The Labute approximate surface area is 222 Å². The molecule has 5 rings (SSSR count). The van der Waals surface area contributed by atoms with Crippen molar-refractivity contribution in [2.24, 2.45) is 0 Å². The van der Waals surface area contributed by atoms with E-state index in [1.807, 2.05) is 97.9 Å². The summed E-state index contributed by atoms with van der Waals surface area (Å²) in [7, 11) is 0. The molecule has 0 aliphatic heterocycles. The number of aromatic nitrogens is 3. The predicted molar refractivity (Wildman–Crippen MR) is 150 cm³/mol. The van der Waals surface area contributed by atoms with Crippen molar-refractivity contribution in [1.82, 2.24) is 14.5 Å². The molecule has 0 fully saturated rings. The van der Waals surface area contributed by atoms with Crippen LogP contribution in [0.25, 0.3) is 11.5 Å². The van der Waals surface area contributed by atoms with E-state index in [0.29, 0.717) is 48.1 Å². The molecule has 5 aromatic rings. The molecule has 38 heavy (non-hydrogen) atoms. The Kier molecular flexibility index (Phi) is 7.72. The summed E-state index contributed by atoms with van der Waals surface area (Å²) in [5.41, 5.74) is 4.29. The Bertz CT molecular complexity index is 1630. The maximum absolute atomic E-state index is 13.9. The molecule has 0 amide bonds. The molecule has 0 unspecified atom stereocenters. The van der Waals surface area contributed by atoms with Crippen molar-refractivity contribution in [3.63, 3.8) is 0 Å². The molecule has 186 valence electrons. The van der Waals surface area contributed by atoms with Gasteiger partial charge < -0.3 is 4.74 Å². The van der Waals surface area contributed by atoms with Crippen LogP contribution in [0, 0.1) is 18.8 Å². The molecule has 0 saturated heterocycles. The Morgan fingerprint density at radius 1 is 0.789 bits per heavy atom. The fourth-order valence-electron chi connectivity index (χ4n) is 4.15. The molecule has 0 atom stereocenters. The van der Waals surface area contributed by atoms with E-state index in [1.165, 1.54) is 0 Å². The van der Waals surface area contributed by atoms with Gasteiger partial charge in [-0.05, 0) is 48.7 Å². The molecular formula is C33H27N3O2. The van der Waals surface area contributed by atoms with Gasteiger partial charge >= 0.3 is 0 Å². The third-order valence-electron chi connectivity index (χ3n) is 6.14. The zero-order valence-electron chi connectivity index (χ0n) is 21.2. The number of benzene rings is 3. The highest BCUT2D eigenvalue weighted by molar-refractivity contribution is 5.60. The summed E-state index contributed by atoms with van der Waals surface area (Å²) >= 11 is 0. The van der Waals surface area contributed by atoms with Crippen molar-refractivity contribution >= 4 is 0 Å². The molecule has 0 saturated carbocycles. The van der Waals surface area contributed by atoms with E-state index in [1.54, 1.807) is 10.8 Å². The monoisotopic (exact) mass is 497 g/mol. The Morgan fingerprint density at radius 2 is 1.45 bits per heavy atom. The summed E-state index contributed by atoms with van der Waals surface area (Å²) in [4.78, 5) is 23.3. The number of hydrogen-bond donors (Lipinski definition) is 0. The Morgan fingerprint density at radius 3 is 2.16 bits per heavy atom. The van der Waals surface area contributed by atoms with Gasteiger partial charge in [-0.3, -0.25) is 9.36 Å². The van der Waals surface area contributed by atoms with E-state index in [0.717, 1.165) is 16.7 Å². The van der Waals surface area contributed by atoms with Crippen molar-refractivity contribution in [1.29, 1.82) is 0 Å². The molecule has 5 nitrogen and oxygen atoms in total. The maximum atomic E-state index is 13.9. The van der Waals surface area contributed by atoms with Crippen molar-refractivity contribution in [2.45, 2.75) is 26.5 Å². The van der Waals surface area contributed by atoms with Crippen LogP contribution in [0.15, 0.2) is 114 Å². The summed E-state index contributed by atoms with van der Waals surface area (Å²) in [6.45, 7) is 2.63. The summed E-state index contributed by atoms with van der Waals surface area (Å²) in [5, 5.41) is 0. The van der Waals surface area contributed by atoms with Gasteiger partial charge in [-0.15, -0.1) is 0 Å². The normalized spacial score (nSPS) is 10.4. The first kappa shape index (κ1) is 24.7. The van der Waals surface area contributed by atoms with E-state index in [9.17, 15) is 4.79 Å². The number of aryl methyl sites for hydroxylation is 2. The average molecular weight is 498 g/mol. The fraction of sp³-hybridized carbons (Fsp3) is 0.121. The molecular weight excluding hydrogens is 470 g/mol. The van der Waals surface area contributed by atoms with E-state index < -0.39 is 0 Å². The lowest BCUT2D eigenvalue weighted by molar-refractivity contribution is 0.306. The van der Waals surface area contributed by atoms with Crippen LogP contribution >= 0.6 is 0 Å². The Balaban J connectivity index is 1.57. The first-order valence-corrected chi connectivity index (χ1v) is 12.5. The average Bonchev–Trinajstić information content (AvgIpc) is 2.97. The van der Waals surface area contributed by atoms with Crippen LogP contribution in [-0.4, -0.2) is 14.5 Å². The lowest BCUT2D eigenvalue weighted by Gasteiger charge is -2.16. The van der Waals surface area contributed by atoms with E-state index in [4.69, 9.17) is 9.72 Å². The minimum atomic E-state index is -0.188. The molecule has 0 radical (unpaired) electrons. The van der Waals surface area contributed by atoms with Gasteiger partial charge in [0.25, 0.3) is 5.56 Å². The van der Waals surface area contributed by atoms with Crippen molar-refractivity contribution in [3.05, 3.63) is 148 Å². The highest BCUT2D eigenvalue weighted by atomic mass is 16.5.